The summed E-state index contributed by atoms with van der Waals surface area (Å²) in [6.07, 6.45) is 0.666. The van der Waals surface area contributed by atoms with Gasteiger partial charge in [-0.15, -0.1) is 0 Å². The highest BCUT2D eigenvalue weighted by atomic mass is 35.5. The Morgan fingerprint density at radius 2 is 2.10 bits per heavy atom. The molecule has 1 amide bonds. The molecule has 2 aromatic rings. The minimum atomic E-state index is -0.472. The van der Waals surface area contributed by atoms with E-state index in [-0.39, 0.29) is 10.8 Å². The van der Waals surface area contributed by atoms with Gasteiger partial charge in [-0.25, -0.2) is 9.37 Å². The van der Waals surface area contributed by atoms with Gasteiger partial charge in [0.15, 0.2) is 0 Å². The van der Waals surface area contributed by atoms with Crippen molar-refractivity contribution in [3.8, 4) is 0 Å². The van der Waals surface area contributed by atoms with Crippen LogP contribution in [0.15, 0.2) is 30.3 Å². The van der Waals surface area contributed by atoms with Gasteiger partial charge < -0.3 is 5.32 Å². The Morgan fingerprint density at radius 1 is 1.35 bits per heavy atom. The summed E-state index contributed by atoms with van der Waals surface area (Å²) in [5.74, 6) is -0.881. The minimum absolute atomic E-state index is 0.154. The van der Waals surface area contributed by atoms with E-state index >= 15 is 0 Å². The number of hydrogen-bond donors (Lipinski definition) is 1. The summed E-state index contributed by atoms with van der Waals surface area (Å²) >= 11 is 5.87. The van der Waals surface area contributed by atoms with E-state index in [0.717, 1.165) is 5.56 Å². The van der Waals surface area contributed by atoms with Crippen LogP contribution >= 0.6 is 11.6 Å². The monoisotopic (exact) mass is 292 g/mol. The van der Waals surface area contributed by atoms with Gasteiger partial charge in [0.05, 0.1) is 5.69 Å². The van der Waals surface area contributed by atoms with Crippen molar-refractivity contribution in [2.45, 2.75) is 20.3 Å². The number of amides is 1. The quantitative estimate of drug-likeness (QED) is 0.869. The lowest BCUT2D eigenvalue weighted by atomic mass is 10.1. The maximum Gasteiger partial charge on any atom is 0.255 e. The normalized spacial score (nSPS) is 10.4. The van der Waals surface area contributed by atoms with E-state index in [1.54, 1.807) is 18.2 Å². The number of hydrogen-bond acceptors (Lipinski definition) is 2. The number of carbonyl (C=O) groups excluding carboxylic acids is 1. The molecule has 0 aliphatic carbocycles. The highest BCUT2D eigenvalue weighted by Gasteiger charge is 2.11. The Labute approximate surface area is 121 Å². The molecule has 1 aromatic carbocycles. The molecule has 0 atom stereocenters. The molecule has 0 spiro atoms. The van der Waals surface area contributed by atoms with Crippen LogP contribution in [0.2, 0.25) is 5.15 Å². The zero-order chi connectivity index (χ0) is 14.7. The summed E-state index contributed by atoms with van der Waals surface area (Å²) in [5.41, 5.74) is 2.10. The van der Waals surface area contributed by atoms with Crippen molar-refractivity contribution in [3.05, 3.63) is 58.1 Å². The predicted octanol–water partition coefficient (Wildman–Crippen LogP) is 4.00. The first-order valence-electron chi connectivity index (χ1n) is 6.23. The van der Waals surface area contributed by atoms with Crippen LogP contribution in [0, 0.1) is 12.7 Å². The second-order valence-electron chi connectivity index (χ2n) is 4.46. The molecule has 0 fully saturated rings. The number of aromatic nitrogens is 1. The molecular weight excluding hydrogens is 279 g/mol. The predicted molar refractivity (Wildman–Crippen MR) is 77.7 cm³/mol. The number of benzene rings is 1. The molecule has 0 bridgehead atoms. The van der Waals surface area contributed by atoms with E-state index in [9.17, 15) is 9.18 Å². The molecule has 0 aliphatic heterocycles. The minimum Gasteiger partial charge on any atom is -0.319 e. The summed E-state index contributed by atoms with van der Waals surface area (Å²) in [5, 5.41) is 2.79. The first-order valence-corrected chi connectivity index (χ1v) is 6.61. The third kappa shape index (κ3) is 3.33. The van der Waals surface area contributed by atoms with Crippen molar-refractivity contribution in [1.82, 2.24) is 4.98 Å². The van der Waals surface area contributed by atoms with Crippen molar-refractivity contribution in [2.24, 2.45) is 0 Å². The van der Waals surface area contributed by atoms with E-state index < -0.39 is 11.7 Å². The molecule has 104 valence electrons. The van der Waals surface area contributed by atoms with Crippen molar-refractivity contribution in [2.75, 3.05) is 5.32 Å². The molecule has 5 heteroatoms. The fourth-order valence-corrected chi connectivity index (χ4v) is 2.02. The zero-order valence-corrected chi connectivity index (χ0v) is 12.0. The van der Waals surface area contributed by atoms with Crippen LogP contribution in [-0.2, 0) is 6.42 Å². The van der Waals surface area contributed by atoms with Crippen molar-refractivity contribution < 1.29 is 9.18 Å². The molecule has 2 rings (SSSR count). The van der Waals surface area contributed by atoms with E-state index in [0.29, 0.717) is 17.7 Å². The maximum absolute atomic E-state index is 13.6. The van der Waals surface area contributed by atoms with Gasteiger partial charge in [0.2, 0.25) is 0 Å². The summed E-state index contributed by atoms with van der Waals surface area (Å²) < 4.78 is 13.6. The van der Waals surface area contributed by atoms with Crippen molar-refractivity contribution >= 4 is 23.2 Å². The van der Waals surface area contributed by atoms with Crippen LogP contribution in [0.4, 0.5) is 10.1 Å². The molecule has 0 saturated carbocycles. The van der Waals surface area contributed by atoms with Crippen LogP contribution in [-0.4, -0.2) is 10.9 Å². The smallest absolute Gasteiger partial charge is 0.255 e. The van der Waals surface area contributed by atoms with Gasteiger partial charge in [-0.1, -0.05) is 24.6 Å². The average molecular weight is 293 g/mol. The van der Waals surface area contributed by atoms with E-state index in [1.165, 1.54) is 12.1 Å². The molecule has 0 unspecified atom stereocenters. The number of rotatable bonds is 3. The lowest BCUT2D eigenvalue weighted by Gasteiger charge is -2.08. The maximum atomic E-state index is 13.6. The van der Waals surface area contributed by atoms with Crippen molar-refractivity contribution in [1.29, 1.82) is 0 Å². The first-order chi connectivity index (χ1) is 9.49. The van der Waals surface area contributed by atoms with Gasteiger partial charge in [0, 0.05) is 11.3 Å². The second kappa shape index (κ2) is 6.01. The molecule has 0 saturated heterocycles. The Kier molecular flexibility index (Phi) is 4.35. The van der Waals surface area contributed by atoms with Gasteiger partial charge in [-0.2, -0.15) is 0 Å². The molecule has 1 heterocycles. The van der Waals surface area contributed by atoms with Gasteiger partial charge in [-0.3, -0.25) is 4.79 Å². The lowest BCUT2D eigenvalue weighted by molar-refractivity contribution is 0.102. The summed E-state index contributed by atoms with van der Waals surface area (Å²) in [6, 6.07) is 7.65. The van der Waals surface area contributed by atoms with Crippen molar-refractivity contribution in [3.63, 3.8) is 0 Å². The average Bonchev–Trinajstić information content (AvgIpc) is 2.42. The number of anilines is 1. The Bertz CT molecular complexity index is 658. The third-order valence-corrected chi connectivity index (χ3v) is 3.04. The lowest BCUT2D eigenvalue weighted by Crippen LogP contribution is -2.14. The molecule has 0 aliphatic rings. The number of carbonyl (C=O) groups is 1. The van der Waals surface area contributed by atoms with E-state index in [2.05, 4.69) is 10.3 Å². The summed E-state index contributed by atoms with van der Waals surface area (Å²) in [7, 11) is 0. The third-order valence-electron chi connectivity index (χ3n) is 2.84. The Morgan fingerprint density at radius 3 is 2.80 bits per heavy atom. The summed E-state index contributed by atoms with van der Waals surface area (Å²) in [6.45, 7) is 3.74. The number of aryl methyl sites for hydroxylation is 2. The van der Waals surface area contributed by atoms with Crippen LogP contribution < -0.4 is 5.32 Å². The molecule has 1 aromatic heterocycles. The summed E-state index contributed by atoms with van der Waals surface area (Å²) in [4.78, 5) is 16.2. The van der Waals surface area contributed by atoms with E-state index in [1.807, 2.05) is 13.8 Å². The van der Waals surface area contributed by atoms with Gasteiger partial charge in [-0.05, 0) is 43.2 Å². The van der Waals surface area contributed by atoms with Gasteiger partial charge >= 0.3 is 0 Å². The van der Waals surface area contributed by atoms with Gasteiger partial charge in [0.1, 0.15) is 11.0 Å². The SMILES string of the molecule is CCc1cc(C(=O)Nc2cc(C)ccc2F)cc(Cl)n1. The van der Waals surface area contributed by atoms with Crippen LogP contribution in [0.1, 0.15) is 28.5 Å². The fourth-order valence-electron chi connectivity index (χ4n) is 1.79. The number of pyridine rings is 1. The molecule has 0 radical (unpaired) electrons. The van der Waals surface area contributed by atoms with Crippen LogP contribution in [0.25, 0.3) is 0 Å². The first kappa shape index (κ1) is 14.5. The standard InChI is InChI=1S/C15H14ClFN2O/c1-3-11-7-10(8-14(16)18-11)15(20)19-13-6-9(2)4-5-12(13)17/h4-8H,3H2,1-2H3,(H,19,20). The second-order valence-corrected chi connectivity index (χ2v) is 4.85. The molecule has 20 heavy (non-hydrogen) atoms. The van der Waals surface area contributed by atoms with Crippen LogP contribution in [0.5, 0.6) is 0 Å². The topological polar surface area (TPSA) is 42.0 Å². The molecule has 3 nitrogen and oxygen atoms in total. The van der Waals surface area contributed by atoms with E-state index in [4.69, 9.17) is 11.6 Å². The Hall–Kier alpha value is -1.94. The number of nitrogens with zero attached hydrogens (tertiary/aromatic N) is 1. The zero-order valence-electron chi connectivity index (χ0n) is 11.2. The molecule has 1 N–H and O–H groups in total. The number of halogens is 2. The number of nitrogens with one attached hydrogen (secondary N) is 1. The highest BCUT2D eigenvalue weighted by molar-refractivity contribution is 6.29. The Balaban J connectivity index is 2.28. The fraction of sp³-hybridized carbons (Fsp3) is 0.200. The highest BCUT2D eigenvalue weighted by Crippen LogP contribution is 2.18. The molecular formula is C15H14ClFN2O. The largest absolute Gasteiger partial charge is 0.319 e. The van der Waals surface area contributed by atoms with Gasteiger partial charge in [0.25, 0.3) is 5.91 Å². The van der Waals surface area contributed by atoms with Crippen LogP contribution in [0.3, 0.4) is 0 Å².